The largest absolute Gasteiger partial charge is 0.0826 e. The molecule has 0 aromatic rings. The number of hydrogen-bond acceptors (Lipinski definition) is 0. The average Bonchev–Trinajstić information content (AvgIpc) is 2.17. The molecule has 0 radical (unpaired) electrons. The number of hydrogen-bond donors (Lipinski definition) is 0. The van der Waals surface area contributed by atoms with Crippen molar-refractivity contribution in [2.75, 3.05) is 0 Å². The maximum atomic E-state index is 2.59. The fraction of sp³-hybridized carbons (Fsp3) is 1.00. The Labute approximate surface area is 71.5 Å². The van der Waals surface area contributed by atoms with Crippen molar-refractivity contribution >= 4 is 22.6 Å². The molecule has 1 heteroatoms. The van der Waals surface area contributed by atoms with E-state index in [2.05, 4.69) is 29.5 Å². The van der Waals surface area contributed by atoms with E-state index in [0.717, 1.165) is 9.84 Å². The molecule has 2 atom stereocenters. The SMILES string of the molecule is CCCC1CCC(I)C1. The van der Waals surface area contributed by atoms with Gasteiger partial charge in [-0.1, -0.05) is 42.4 Å². The summed E-state index contributed by atoms with van der Waals surface area (Å²) in [6.45, 7) is 2.29. The van der Waals surface area contributed by atoms with E-state index in [0.29, 0.717) is 0 Å². The van der Waals surface area contributed by atoms with Gasteiger partial charge in [0, 0.05) is 3.92 Å². The van der Waals surface area contributed by atoms with Crippen LogP contribution in [0.1, 0.15) is 39.0 Å². The first-order chi connectivity index (χ1) is 4.33. The lowest BCUT2D eigenvalue weighted by atomic mass is 10.0. The summed E-state index contributed by atoms with van der Waals surface area (Å²) in [4.78, 5) is 0. The molecule has 54 valence electrons. The highest BCUT2D eigenvalue weighted by molar-refractivity contribution is 14.1. The summed E-state index contributed by atoms with van der Waals surface area (Å²) in [5.41, 5.74) is 0. The molecule has 1 rings (SSSR count). The predicted molar refractivity (Wildman–Crippen MR) is 50.1 cm³/mol. The third-order valence-electron chi connectivity index (χ3n) is 2.17. The highest BCUT2D eigenvalue weighted by atomic mass is 127. The first-order valence-electron chi connectivity index (χ1n) is 3.97. The molecule has 0 spiro atoms. The molecular formula is C8H15I. The first kappa shape index (κ1) is 7.83. The summed E-state index contributed by atoms with van der Waals surface area (Å²) in [5.74, 6) is 1.08. The maximum absolute atomic E-state index is 2.59. The van der Waals surface area contributed by atoms with Crippen molar-refractivity contribution in [1.29, 1.82) is 0 Å². The zero-order chi connectivity index (χ0) is 6.69. The fourth-order valence-electron chi connectivity index (χ4n) is 1.68. The standard InChI is InChI=1S/C8H15I/c1-2-3-7-4-5-8(9)6-7/h7-8H,2-6H2,1H3. The Morgan fingerprint density at radius 3 is 2.67 bits per heavy atom. The molecule has 9 heavy (non-hydrogen) atoms. The van der Waals surface area contributed by atoms with E-state index in [4.69, 9.17) is 0 Å². The van der Waals surface area contributed by atoms with Gasteiger partial charge in [-0.2, -0.15) is 0 Å². The minimum absolute atomic E-state index is 0.999. The van der Waals surface area contributed by atoms with Gasteiger partial charge in [0.05, 0.1) is 0 Å². The molecule has 0 bridgehead atoms. The molecule has 0 aliphatic heterocycles. The van der Waals surface area contributed by atoms with Crippen molar-refractivity contribution in [2.45, 2.75) is 43.0 Å². The van der Waals surface area contributed by atoms with Gasteiger partial charge in [-0.05, 0) is 25.2 Å². The topological polar surface area (TPSA) is 0 Å². The highest BCUT2D eigenvalue weighted by Gasteiger charge is 2.20. The highest BCUT2D eigenvalue weighted by Crippen LogP contribution is 2.33. The van der Waals surface area contributed by atoms with Crippen LogP contribution < -0.4 is 0 Å². The van der Waals surface area contributed by atoms with Crippen LogP contribution in [0.3, 0.4) is 0 Å². The molecule has 0 aromatic heterocycles. The quantitative estimate of drug-likeness (QED) is 0.511. The van der Waals surface area contributed by atoms with Crippen molar-refractivity contribution in [1.82, 2.24) is 0 Å². The van der Waals surface area contributed by atoms with Crippen molar-refractivity contribution in [3.05, 3.63) is 0 Å². The van der Waals surface area contributed by atoms with E-state index < -0.39 is 0 Å². The second-order valence-electron chi connectivity index (χ2n) is 3.07. The van der Waals surface area contributed by atoms with E-state index in [9.17, 15) is 0 Å². The Hall–Kier alpha value is 0.730. The monoisotopic (exact) mass is 238 g/mol. The van der Waals surface area contributed by atoms with E-state index in [1.165, 1.54) is 32.1 Å². The van der Waals surface area contributed by atoms with Gasteiger partial charge in [-0.3, -0.25) is 0 Å². The molecule has 1 fully saturated rings. The average molecular weight is 238 g/mol. The zero-order valence-electron chi connectivity index (χ0n) is 6.07. The molecule has 1 aliphatic carbocycles. The number of rotatable bonds is 2. The van der Waals surface area contributed by atoms with Gasteiger partial charge in [-0.25, -0.2) is 0 Å². The van der Waals surface area contributed by atoms with Crippen molar-refractivity contribution in [3.8, 4) is 0 Å². The van der Waals surface area contributed by atoms with Crippen LogP contribution in [0.5, 0.6) is 0 Å². The summed E-state index contributed by atoms with van der Waals surface area (Å²) in [6, 6.07) is 0. The van der Waals surface area contributed by atoms with Gasteiger partial charge in [-0.15, -0.1) is 0 Å². The van der Waals surface area contributed by atoms with Crippen molar-refractivity contribution < 1.29 is 0 Å². The van der Waals surface area contributed by atoms with Crippen LogP contribution in [-0.2, 0) is 0 Å². The van der Waals surface area contributed by atoms with Gasteiger partial charge < -0.3 is 0 Å². The summed E-state index contributed by atoms with van der Waals surface area (Å²) in [6.07, 6.45) is 7.33. The summed E-state index contributed by atoms with van der Waals surface area (Å²) in [7, 11) is 0. The Bertz CT molecular complexity index is 78.6. The van der Waals surface area contributed by atoms with Gasteiger partial charge in [0.15, 0.2) is 0 Å². The Morgan fingerprint density at radius 1 is 1.44 bits per heavy atom. The van der Waals surface area contributed by atoms with Gasteiger partial charge in [0.2, 0.25) is 0 Å². The van der Waals surface area contributed by atoms with Crippen LogP contribution in [0.4, 0.5) is 0 Å². The van der Waals surface area contributed by atoms with Crippen LogP contribution in [0, 0.1) is 5.92 Å². The molecule has 0 nitrogen and oxygen atoms in total. The lowest BCUT2D eigenvalue weighted by Crippen LogP contribution is -1.93. The Kier molecular flexibility index (Phi) is 3.30. The van der Waals surface area contributed by atoms with Crippen LogP contribution in [0.15, 0.2) is 0 Å². The Balaban J connectivity index is 2.14. The number of halogens is 1. The van der Waals surface area contributed by atoms with Crippen molar-refractivity contribution in [3.63, 3.8) is 0 Å². The second-order valence-corrected chi connectivity index (χ2v) is 4.83. The Morgan fingerprint density at radius 2 is 2.22 bits per heavy atom. The second kappa shape index (κ2) is 3.79. The molecule has 1 saturated carbocycles. The minimum atomic E-state index is 0.999. The van der Waals surface area contributed by atoms with E-state index in [1.54, 1.807) is 0 Å². The lowest BCUT2D eigenvalue weighted by molar-refractivity contribution is 0.498. The van der Waals surface area contributed by atoms with Crippen LogP contribution >= 0.6 is 22.6 Å². The van der Waals surface area contributed by atoms with Gasteiger partial charge >= 0.3 is 0 Å². The molecule has 0 N–H and O–H groups in total. The van der Waals surface area contributed by atoms with Gasteiger partial charge in [0.25, 0.3) is 0 Å². The zero-order valence-corrected chi connectivity index (χ0v) is 8.23. The third kappa shape index (κ3) is 2.44. The van der Waals surface area contributed by atoms with E-state index in [1.807, 2.05) is 0 Å². The van der Waals surface area contributed by atoms with Crippen LogP contribution in [0.2, 0.25) is 0 Å². The predicted octanol–water partition coefficient (Wildman–Crippen LogP) is 3.39. The maximum Gasteiger partial charge on any atom is 0.0112 e. The van der Waals surface area contributed by atoms with Crippen LogP contribution in [0.25, 0.3) is 0 Å². The fourth-order valence-corrected chi connectivity index (χ4v) is 2.76. The molecule has 0 heterocycles. The van der Waals surface area contributed by atoms with Crippen LogP contribution in [-0.4, -0.2) is 3.92 Å². The third-order valence-corrected chi connectivity index (χ3v) is 3.31. The lowest BCUT2D eigenvalue weighted by Gasteiger charge is -2.04. The summed E-state index contributed by atoms with van der Waals surface area (Å²) in [5, 5.41) is 0. The summed E-state index contributed by atoms with van der Waals surface area (Å²) < 4.78 is 0.999. The normalized spacial score (nSPS) is 35.3. The molecule has 0 saturated heterocycles. The van der Waals surface area contributed by atoms with E-state index in [-0.39, 0.29) is 0 Å². The smallest absolute Gasteiger partial charge is 0.0112 e. The molecule has 1 aliphatic rings. The minimum Gasteiger partial charge on any atom is -0.0826 e. The van der Waals surface area contributed by atoms with E-state index >= 15 is 0 Å². The molecule has 2 unspecified atom stereocenters. The van der Waals surface area contributed by atoms with Gasteiger partial charge in [0.1, 0.15) is 0 Å². The number of alkyl halides is 1. The van der Waals surface area contributed by atoms with Crippen molar-refractivity contribution in [2.24, 2.45) is 5.92 Å². The summed E-state index contributed by atoms with van der Waals surface area (Å²) >= 11 is 2.59. The first-order valence-corrected chi connectivity index (χ1v) is 5.21. The molecular weight excluding hydrogens is 223 g/mol. The molecule has 0 aromatic carbocycles. The molecule has 0 amide bonds.